The second kappa shape index (κ2) is 8.13. The number of aryl methyl sites for hydroxylation is 2. The molecule has 2 aromatic carbocycles. The van der Waals surface area contributed by atoms with Gasteiger partial charge in [0, 0.05) is 24.6 Å². The second-order valence-corrected chi connectivity index (χ2v) is 8.05. The number of esters is 1. The Balaban J connectivity index is 1.63. The molecule has 0 radical (unpaired) electrons. The number of nitrogens with zero attached hydrogens (tertiary/aromatic N) is 2. The van der Waals surface area contributed by atoms with Gasteiger partial charge in [0.15, 0.2) is 11.8 Å². The van der Waals surface area contributed by atoms with E-state index in [1.165, 1.54) is 0 Å². The maximum atomic E-state index is 13.0. The summed E-state index contributed by atoms with van der Waals surface area (Å²) in [6.07, 6.45) is 0.976. The number of imidazole rings is 1. The van der Waals surface area contributed by atoms with Gasteiger partial charge in [-0.05, 0) is 37.6 Å². The third kappa shape index (κ3) is 3.33. The number of hydrogen-bond acceptors (Lipinski definition) is 5. The molecule has 2 aromatic heterocycles. The first kappa shape index (κ1) is 20.3. The van der Waals surface area contributed by atoms with E-state index < -0.39 is 12.2 Å². The van der Waals surface area contributed by atoms with Crippen molar-refractivity contribution >= 4 is 17.3 Å². The summed E-state index contributed by atoms with van der Waals surface area (Å²) in [5.41, 5.74) is 6.24. The fourth-order valence-electron chi connectivity index (χ4n) is 4.42. The van der Waals surface area contributed by atoms with Crippen molar-refractivity contribution in [3.8, 4) is 0 Å². The third-order valence-electron chi connectivity index (χ3n) is 6.20. The van der Waals surface area contributed by atoms with E-state index in [0.29, 0.717) is 5.56 Å². The molecule has 1 N–H and O–H groups in total. The normalized spacial score (nSPS) is 19.9. The summed E-state index contributed by atoms with van der Waals surface area (Å²) in [5.74, 6) is -0.377. The Bertz CT molecular complexity index is 1270. The van der Waals surface area contributed by atoms with Crippen molar-refractivity contribution in [2.45, 2.75) is 32.1 Å². The van der Waals surface area contributed by atoms with E-state index in [2.05, 4.69) is 16.6 Å². The van der Waals surface area contributed by atoms with Gasteiger partial charge in [0.2, 0.25) is 0 Å². The van der Waals surface area contributed by atoms with Crippen LogP contribution in [0.1, 0.15) is 45.0 Å². The lowest BCUT2D eigenvalue weighted by Gasteiger charge is -2.39. The first-order chi connectivity index (χ1) is 15.6. The largest absolute Gasteiger partial charge is 0.453 e. The van der Waals surface area contributed by atoms with Crippen molar-refractivity contribution in [1.29, 1.82) is 0 Å². The molecule has 0 fully saturated rings. The zero-order valence-corrected chi connectivity index (χ0v) is 18.3. The molecule has 0 aliphatic carbocycles. The van der Waals surface area contributed by atoms with Gasteiger partial charge in [-0.15, -0.1) is 0 Å². The van der Waals surface area contributed by atoms with Gasteiger partial charge in [-0.2, -0.15) is 0 Å². The highest BCUT2D eigenvalue weighted by Crippen LogP contribution is 2.44. The molecule has 0 saturated carbocycles. The van der Waals surface area contributed by atoms with Gasteiger partial charge in [0.25, 0.3) is 0 Å². The van der Waals surface area contributed by atoms with Gasteiger partial charge in [0.05, 0.1) is 23.0 Å². The van der Waals surface area contributed by atoms with Crippen molar-refractivity contribution < 1.29 is 14.3 Å². The molecule has 0 saturated heterocycles. The number of benzene rings is 2. The minimum absolute atomic E-state index is 0.301. The Hall–Kier alpha value is -3.64. The number of nitrogens with one attached hydrogen (secondary N) is 1. The number of methoxy groups -OCH3 is 1. The summed E-state index contributed by atoms with van der Waals surface area (Å²) in [6.45, 7) is 4.06. The Morgan fingerprint density at radius 2 is 1.69 bits per heavy atom. The molecule has 6 heteroatoms. The monoisotopic (exact) mass is 427 g/mol. The van der Waals surface area contributed by atoms with Crippen LogP contribution < -0.4 is 5.32 Å². The predicted molar refractivity (Wildman–Crippen MR) is 123 cm³/mol. The van der Waals surface area contributed by atoms with Crippen LogP contribution in [-0.2, 0) is 9.47 Å². The lowest BCUT2D eigenvalue weighted by atomic mass is 9.88. The molecular weight excluding hydrogens is 402 g/mol. The van der Waals surface area contributed by atoms with Gasteiger partial charge >= 0.3 is 5.97 Å². The van der Waals surface area contributed by atoms with Crippen LogP contribution in [0, 0.1) is 13.8 Å². The van der Waals surface area contributed by atoms with Crippen molar-refractivity contribution in [2.24, 2.45) is 0 Å². The van der Waals surface area contributed by atoms with Crippen LogP contribution in [-0.4, -0.2) is 28.6 Å². The van der Waals surface area contributed by atoms with Crippen LogP contribution in [0.5, 0.6) is 0 Å². The van der Waals surface area contributed by atoms with Gasteiger partial charge in [-0.25, -0.2) is 9.78 Å². The van der Waals surface area contributed by atoms with Gasteiger partial charge in [-0.3, -0.25) is 0 Å². The molecule has 0 amide bonds. The fraction of sp³-hybridized carbons (Fsp3) is 0.231. The minimum atomic E-state index is -0.567. The van der Waals surface area contributed by atoms with E-state index in [9.17, 15) is 4.79 Å². The molecule has 1 aliphatic heterocycles. The van der Waals surface area contributed by atoms with E-state index in [1.54, 1.807) is 19.2 Å². The predicted octanol–water partition coefficient (Wildman–Crippen LogP) is 5.03. The van der Waals surface area contributed by atoms with Crippen molar-refractivity contribution in [2.75, 3.05) is 12.4 Å². The van der Waals surface area contributed by atoms with Crippen molar-refractivity contribution in [3.63, 3.8) is 0 Å². The highest BCUT2D eigenvalue weighted by molar-refractivity contribution is 5.89. The summed E-state index contributed by atoms with van der Waals surface area (Å²) in [7, 11) is 1.65. The molecular formula is C26H25N3O3. The second-order valence-electron chi connectivity index (χ2n) is 8.05. The Morgan fingerprint density at radius 3 is 2.38 bits per heavy atom. The van der Waals surface area contributed by atoms with Crippen LogP contribution in [0.2, 0.25) is 0 Å². The molecule has 162 valence electrons. The molecule has 5 rings (SSSR count). The summed E-state index contributed by atoms with van der Waals surface area (Å²) in [5, 5.41) is 3.63. The average Bonchev–Trinajstić information content (AvgIpc) is 3.13. The average molecular weight is 428 g/mol. The molecule has 3 atom stereocenters. The highest BCUT2D eigenvalue weighted by atomic mass is 16.6. The fourth-order valence-corrected chi connectivity index (χ4v) is 4.42. The molecule has 6 nitrogen and oxygen atoms in total. The molecule has 4 aromatic rings. The van der Waals surface area contributed by atoms with Gasteiger partial charge in [-0.1, -0.05) is 48.5 Å². The highest BCUT2D eigenvalue weighted by Gasteiger charge is 2.42. The van der Waals surface area contributed by atoms with E-state index >= 15 is 0 Å². The summed E-state index contributed by atoms with van der Waals surface area (Å²) in [6, 6.07) is 20.7. The Kier molecular flexibility index (Phi) is 5.15. The van der Waals surface area contributed by atoms with E-state index in [-0.39, 0.29) is 12.0 Å². The third-order valence-corrected chi connectivity index (χ3v) is 6.20. The SMILES string of the molecule is CO[C@H]1c2ccn3c(C)c(C)nc3c2N[C@H](c2ccccc2)[C@H]1OC(=O)c1ccccc1. The Morgan fingerprint density at radius 1 is 1.00 bits per heavy atom. The summed E-state index contributed by atoms with van der Waals surface area (Å²) >= 11 is 0. The van der Waals surface area contributed by atoms with Gasteiger partial charge < -0.3 is 19.2 Å². The first-order valence-electron chi connectivity index (χ1n) is 10.7. The van der Waals surface area contributed by atoms with Crippen LogP contribution in [0.15, 0.2) is 72.9 Å². The number of carbonyl (C=O) groups excluding carboxylic acids is 1. The first-order valence-corrected chi connectivity index (χ1v) is 10.7. The Labute approximate surface area is 186 Å². The van der Waals surface area contributed by atoms with Crippen LogP contribution in [0.4, 0.5) is 5.69 Å². The van der Waals surface area contributed by atoms with Crippen molar-refractivity contribution in [3.05, 3.63) is 101 Å². The summed E-state index contributed by atoms with van der Waals surface area (Å²) in [4.78, 5) is 17.8. The number of anilines is 1. The zero-order valence-electron chi connectivity index (χ0n) is 18.3. The number of ether oxygens (including phenoxy) is 2. The summed E-state index contributed by atoms with van der Waals surface area (Å²) < 4.78 is 14.1. The molecule has 0 spiro atoms. The number of rotatable bonds is 4. The molecule has 32 heavy (non-hydrogen) atoms. The number of aromatic nitrogens is 2. The number of fused-ring (bicyclic) bond motifs is 3. The lowest BCUT2D eigenvalue weighted by Crippen LogP contribution is -2.40. The van der Waals surface area contributed by atoms with E-state index in [0.717, 1.165) is 33.8 Å². The molecule has 0 unspecified atom stereocenters. The maximum Gasteiger partial charge on any atom is 0.338 e. The van der Waals surface area contributed by atoms with Crippen LogP contribution in [0.3, 0.4) is 0 Å². The zero-order chi connectivity index (χ0) is 22.2. The molecule has 3 heterocycles. The number of carbonyl (C=O) groups is 1. The topological polar surface area (TPSA) is 64.9 Å². The standard InChI is InChI=1S/C26H25N3O3/c1-16-17(2)29-15-14-20-22(25(29)27-16)28-21(18-10-6-4-7-11-18)24(23(20)31-3)32-26(30)19-12-8-5-9-13-19/h4-15,21,23-24,28H,1-3H3/t21-,23+,24-/m1/s1. The van der Waals surface area contributed by atoms with Crippen LogP contribution in [0.25, 0.3) is 5.65 Å². The van der Waals surface area contributed by atoms with Crippen LogP contribution >= 0.6 is 0 Å². The smallest absolute Gasteiger partial charge is 0.338 e. The number of pyridine rings is 1. The molecule has 1 aliphatic rings. The minimum Gasteiger partial charge on any atom is -0.453 e. The number of hydrogen-bond donors (Lipinski definition) is 1. The van der Waals surface area contributed by atoms with E-state index in [1.807, 2.05) is 67.7 Å². The van der Waals surface area contributed by atoms with Crippen molar-refractivity contribution in [1.82, 2.24) is 9.38 Å². The van der Waals surface area contributed by atoms with Gasteiger partial charge in [0.1, 0.15) is 6.10 Å². The maximum absolute atomic E-state index is 13.0. The molecule has 0 bridgehead atoms. The van der Waals surface area contributed by atoms with E-state index in [4.69, 9.17) is 14.5 Å². The quantitative estimate of drug-likeness (QED) is 0.463. The lowest BCUT2D eigenvalue weighted by molar-refractivity contribution is -0.0478.